The average Bonchev–Trinajstić information content (AvgIpc) is 2.50. The van der Waals surface area contributed by atoms with Crippen LogP contribution in [0.4, 0.5) is 0 Å². The van der Waals surface area contributed by atoms with Crippen molar-refractivity contribution in [1.82, 2.24) is 5.43 Å². The second-order valence-electron chi connectivity index (χ2n) is 4.22. The molecule has 2 N–H and O–H groups in total. The molecule has 2 rings (SSSR count). The zero-order valence-corrected chi connectivity index (χ0v) is 11.6. The smallest absolute Gasteiger partial charge is 0.271 e. The van der Waals surface area contributed by atoms with Crippen molar-refractivity contribution in [2.24, 2.45) is 5.10 Å². The normalized spacial score (nSPS) is 10.5. The monoisotopic (exact) mass is 284 g/mol. The lowest BCUT2D eigenvalue weighted by Crippen LogP contribution is -2.17. The first-order valence-corrected chi connectivity index (χ1v) is 6.55. The fourth-order valence-corrected chi connectivity index (χ4v) is 1.70. The topological polar surface area (TPSA) is 70.9 Å². The maximum absolute atomic E-state index is 11.8. The molecule has 2 aromatic carbocycles. The first-order valence-electron chi connectivity index (χ1n) is 6.55. The van der Waals surface area contributed by atoms with Crippen LogP contribution in [0.2, 0.25) is 0 Å². The molecule has 0 aliphatic rings. The van der Waals surface area contributed by atoms with Gasteiger partial charge in [0.25, 0.3) is 5.91 Å². The Morgan fingerprint density at radius 1 is 1.29 bits per heavy atom. The van der Waals surface area contributed by atoms with Gasteiger partial charge >= 0.3 is 0 Å². The molecule has 0 radical (unpaired) electrons. The Morgan fingerprint density at radius 3 is 2.71 bits per heavy atom. The maximum atomic E-state index is 11.8. The quantitative estimate of drug-likeness (QED) is 0.654. The molecule has 2 aromatic rings. The zero-order valence-electron chi connectivity index (χ0n) is 11.6. The molecular formula is C16H16N2O3. The second kappa shape index (κ2) is 7.09. The number of aromatic hydroxyl groups is 1. The van der Waals surface area contributed by atoms with Crippen molar-refractivity contribution in [1.29, 1.82) is 0 Å². The van der Waals surface area contributed by atoms with Crippen molar-refractivity contribution in [2.75, 3.05) is 6.61 Å². The summed E-state index contributed by atoms with van der Waals surface area (Å²) in [7, 11) is 0. The summed E-state index contributed by atoms with van der Waals surface area (Å²) < 4.78 is 5.27. The SMILES string of the molecule is CCOc1ccc(/C=N\NC(=O)c2ccccc2)c(O)c1. The molecule has 0 bridgehead atoms. The lowest BCUT2D eigenvalue weighted by Gasteiger charge is -2.05. The third-order valence-electron chi connectivity index (χ3n) is 2.72. The Labute approximate surface area is 122 Å². The number of nitrogens with zero attached hydrogens (tertiary/aromatic N) is 1. The van der Waals surface area contributed by atoms with Gasteiger partial charge in [-0.15, -0.1) is 0 Å². The number of hydrazone groups is 1. The van der Waals surface area contributed by atoms with Crippen LogP contribution in [0, 0.1) is 0 Å². The number of ether oxygens (including phenoxy) is 1. The first-order chi connectivity index (χ1) is 10.2. The number of carbonyl (C=O) groups is 1. The van der Waals surface area contributed by atoms with Gasteiger partial charge in [-0.2, -0.15) is 5.10 Å². The minimum Gasteiger partial charge on any atom is -0.507 e. The standard InChI is InChI=1S/C16H16N2O3/c1-2-21-14-9-8-13(15(19)10-14)11-17-18-16(20)12-6-4-3-5-7-12/h3-11,19H,2H2,1H3,(H,18,20)/b17-11-. The van der Waals surface area contributed by atoms with Crippen LogP contribution in [-0.2, 0) is 0 Å². The van der Waals surface area contributed by atoms with Crippen LogP contribution < -0.4 is 10.2 Å². The van der Waals surface area contributed by atoms with Gasteiger partial charge in [0.1, 0.15) is 11.5 Å². The number of phenols is 1. The van der Waals surface area contributed by atoms with Crippen molar-refractivity contribution in [3.63, 3.8) is 0 Å². The number of rotatable bonds is 5. The van der Waals surface area contributed by atoms with E-state index in [1.165, 1.54) is 12.3 Å². The lowest BCUT2D eigenvalue weighted by atomic mass is 10.2. The van der Waals surface area contributed by atoms with Crippen molar-refractivity contribution in [3.05, 3.63) is 59.7 Å². The molecule has 0 unspecified atom stereocenters. The Kier molecular flexibility index (Phi) is 4.93. The molecule has 108 valence electrons. The van der Waals surface area contributed by atoms with E-state index in [2.05, 4.69) is 10.5 Å². The summed E-state index contributed by atoms with van der Waals surface area (Å²) in [5.74, 6) is 0.316. The van der Waals surface area contributed by atoms with Gasteiger partial charge < -0.3 is 9.84 Å². The predicted molar refractivity (Wildman–Crippen MR) is 80.8 cm³/mol. The van der Waals surface area contributed by atoms with Gasteiger partial charge in [-0.3, -0.25) is 4.79 Å². The minimum atomic E-state index is -0.308. The number of carbonyl (C=O) groups excluding carboxylic acids is 1. The highest BCUT2D eigenvalue weighted by atomic mass is 16.5. The van der Waals surface area contributed by atoms with Crippen LogP contribution in [0.5, 0.6) is 11.5 Å². The van der Waals surface area contributed by atoms with E-state index in [0.717, 1.165) is 0 Å². The number of phenolic OH excluding ortho intramolecular Hbond substituents is 1. The van der Waals surface area contributed by atoms with E-state index in [1.807, 2.05) is 13.0 Å². The molecule has 0 fully saturated rings. The molecule has 0 atom stereocenters. The Morgan fingerprint density at radius 2 is 2.05 bits per heavy atom. The van der Waals surface area contributed by atoms with E-state index in [1.54, 1.807) is 36.4 Å². The van der Waals surface area contributed by atoms with Crippen LogP contribution in [0.3, 0.4) is 0 Å². The largest absolute Gasteiger partial charge is 0.507 e. The maximum Gasteiger partial charge on any atom is 0.271 e. The first kappa shape index (κ1) is 14.6. The van der Waals surface area contributed by atoms with E-state index in [9.17, 15) is 9.90 Å². The molecule has 0 saturated heterocycles. The van der Waals surface area contributed by atoms with Gasteiger partial charge in [-0.1, -0.05) is 18.2 Å². The molecule has 0 heterocycles. The Balaban J connectivity index is 2.00. The fraction of sp³-hybridized carbons (Fsp3) is 0.125. The number of benzene rings is 2. The van der Waals surface area contributed by atoms with Crippen LogP contribution >= 0.6 is 0 Å². The van der Waals surface area contributed by atoms with Gasteiger partial charge in [0.15, 0.2) is 0 Å². The Hall–Kier alpha value is -2.82. The summed E-state index contributed by atoms with van der Waals surface area (Å²) in [5.41, 5.74) is 3.41. The molecule has 0 aliphatic heterocycles. The summed E-state index contributed by atoms with van der Waals surface area (Å²) in [5, 5.41) is 13.6. The third kappa shape index (κ3) is 4.07. The van der Waals surface area contributed by atoms with Gasteiger partial charge in [0.2, 0.25) is 0 Å². The molecule has 5 heteroatoms. The van der Waals surface area contributed by atoms with Gasteiger partial charge in [-0.05, 0) is 31.2 Å². The van der Waals surface area contributed by atoms with Crippen molar-refractivity contribution < 1.29 is 14.6 Å². The van der Waals surface area contributed by atoms with Crippen LogP contribution in [-0.4, -0.2) is 23.8 Å². The van der Waals surface area contributed by atoms with Crippen LogP contribution in [0.1, 0.15) is 22.8 Å². The molecule has 0 aromatic heterocycles. The van der Waals surface area contributed by atoms with E-state index < -0.39 is 0 Å². The highest BCUT2D eigenvalue weighted by molar-refractivity contribution is 5.95. The number of amides is 1. The highest BCUT2D eigenvalue weighted by Crippen LogP contribution is 2.22. The summed E-state index contributed by atoms with van der Waals surface area (Å²) in [6.07, 6.45) is 1.38. The van der Waals surface area contributed by atoms with Gasteiger partial charge in [-0.25, -0.2) is 5.43 Å². The van der Waals surface area contributed by atoms with E-state index in [4.69, 9.17) is 4.74 Å². The summed E-state index contributed by atoms with van der Waals surface area (Å²) in [4.78, 5) is 11.8. The zero-order chi connectivity index (χ0) is 15.1. The molecular weight excluding hydrogens is 268 g/mol. The van der Waals surface area contributed by atoms with E-state index in [0.29, 0.717) is 23.5 Å². The van der Waals surface area contributed by atoms with Crippen molar-refractivity contribution >= 4 is 12.1 Å². The second-order valence-corrected chi connectivity index (χ2v) is 4.22. The van der Waals surface area contributed by atoms with Crippen molar-refractivity contribution in [3.8, 4) is 11.5 Å². The van der Waals surface area contributed by atoms with Gasteiger partial charge in [0, 0.05) is 17.2 Å². The molecule has 21 heavy (non-hydrogen) atoms. The lowest BCUT2D eigenvalue weighted by molar-refractivity contribution is 0.0955. The highest BCUT2D eigenvalue weighted by Gasteiger charge is 2.03. The molecule has 0 aliphatic carbocycles. The summed E-state index contributed by atoms with van der Waals surface area (Å²) >= 11 is 0. The molecule has 5 nitrogen and oxygen atoms in total. The Bertz CT molecular complexity index is 639. The van der Waals surface area contributed by atoms with Crippen LogP contribution in [0.15, 0.2) is 53.6 Å². The third-order valence-corrected chi connectivity index (χ3v) is 2.72. The number of hydrogen-bond acceptors (Lipinski definition) is 4. The minimum absolute atomic E-state index is 0.0404. The van der Waals surface area contributed by atoms with Gasteiger partial charge in [0.05, 0.1) is 12.8 Å². The van der Waals surface area contributed by atoms with E-state index in [-0.39, 0.29) is 11.7 Å². The predicted octanol–water partition coefficient (Wildman–Crippen LogP) is 2.55. The van der Waals surface area contributed by atoms with Crippen molar-refractivity contribution in [2.45, 2.75) is 6.92 Å². The molecule has 0 saturated carbocycles. The average molecular weight is 284 g/mol. The number of hydrogen-bond donors (Lipinski definition) is 2. The summed E-state index contributed by atoms with van der Waals surface area (Å²) in [6, 6.07) is 13.7. The molecule has 0 spiro atoms. The molecule has 1 amide bonds. The summed E-state index contributed by atoms with van der Waals surface area (Å²) in [6.45, 7) is 2.39. The number of nitrogens with one attached hydrogen (secondary N) is 1. The fourth-order valence-electron chi connectivity index (χ4n) is 1.70. The van der Waals surface area contributed by atoms with Crippen LogP contribution in [0.25, 0.3) is 0 Å². The van der Waals surface area contributed by atoms with E-state index >= 15 is 0 Å².